The molecule has 0 aliphatic rings. The van der Waals surface area contributed by atoms with E-state index in [0.717, 1.165) is 15.4 Å². The average Bonchev–Trinajstić information content (AvgIpc) is 2.83. The Balaban J connectivity index is 2.03. The van der Waals surface area contributed by atoms with Crippen molar-refractivity contribution in [2.45, 2.75) is 31.6 Å². The zero-order valence-corrected chi connectivity index (χ0v) is 20.8. The lowest BCUT2D eigenvalue weighted by molar-refractivity contribution is -0.114. The van der Waals surface area contributed by atoms with E-state index in [4.69, 9.17) is 9.47 Å². The molecule has 0 fully saturated rings. The van der Waals surface area contributed by atoms with Gasteiger partial charge in [0.15, 0.2) is 11.5 Å². The molecular weight excluding hydrogens is 452 g/mol. The monoisotopic (exact) mass is 482 g/mol. The van der Waals surface area contributed by atoms with Crippen LogP contribution in [0.15, 0.2) is 71.6 Å². The Labute approximate surface area is 201 Å². The Bertz CT molecular complexity index is 1260. The SMILES string of the molecule is COc1ccc(N(CC(=O)Nc2c(C)cccc2C(C)C)S(=O)(=O)c2ccccc2)cc1OC. The first kappa shape index (κ1) is 25.1. The summed E-state index contributed by atoms with van der Waals surface area (Å²) in [5.74, 6) is 0.541. The minimum absolute atomic E-state index is 0.0800. The van der Waals surface area contributed by atoms with Crippen molar-refractivity contribution in [2.75, 3.05) is 30.4 Å². The molecule has 3 aromatic carbocycles. The first-order chi connectivity index (χ1) is 16.2. The van der Waals surface area contributed by atoms with E-state index in [-0.39, 0.29) is 16.5 Å². The van der Waals surface area contributed by atoms with E-state index in [1.165, 1.54) is 26.4 Å². The molecule has 0 unspecified atom stereocenters. The minimum Gasteiger partial charge on any atom is -0.493 e. The number of para-hydroxylation sites is 1. The Morgan fingerprint density at radius 2 is 1.62 bits per heavy atom. The summed E-state index contributed by atoms with van der Waals surface area (Å²) in [5, 5.41) is 2.93. The van der Waals surface area contributed by atoms with Gasteiger partial charge in [0.1, 0.15) is 6.54 Å². The predicted octanol–water partition coefficient (Wildman–Crippen LogP) is 4.97. The summed E-state index contributed by atoms with van der Waals surface area (Å²) in [5.41, 5.74) is 2.87. The van der Waals surface area contributed by atoms with E-state index in [9.17, 15) is 13.2 Å². The quantitative estimate of drug-likeness (QED) is 0.465. The van der Waals surface area contributed by atoms with Gasteiger partial charge < -0.3 is 14.8 Å². The Kier molecular flexibility index (Phi) is 7.83. The van der Waals surface area contributed by atoms with Crippen LogP contribution in [-0.2, 0) is 14.8 Å². The third-order valence-electron chi connectivity index (χ3n) is 5.46. The number of ether oxygens (including phenoxy) is 2. The van der Waals surface area contributed by atoms with Crippen LogP contribution >= 0.6 is 0 Å². The number of sulfonamides is 1. The average molecular weight is 483 g/mol. The molecule has 0 radical (unpaired) electrons. The van der Waals surface area contributed by atoms with Gasteiger partial charge in [0.05, 0.1) is 24.8 Å². The summed E-state index contributed by atoms with van der Waals surface area (Å²) in [6.07, 6.45) is 0. The molecule has 0 spiro atoms. The lowest BCUT2D eigenvalue weighted by Crippen LogP contribution is -2.38. The molecule has 7 nitrogen and oxygen atoms in total. The number of methoxy groups -OCH3 is 2. The van der Waals surface area contributed by atoms with Gasteiger partial charge in [-0.1, -0.05) is 50.2 Å². The van der Waals surface area contributed by atoms with Crippen molar-refractivity contribution in [3.63, 3.8) is 0 Å². The lowest BCUT2D eigenvalue weighted by atomic mass is 9.98. The number of nitrogens with zero attached hydrogens (tertiary/aromatic N) is 1. The number of carbonyl (C=O) groups is 1. The zero-order chi connectivity index (χ0) is 24.9. The van der Waals surface area contributed by atoms with Crippen molar-refractivity contribution in [1.82, 2.24) is 0 Å². The van der Waals surface area contributed by atoms with Crippen molar-refractivity contribution in [1.29, 1.82) is 0 Å². The number of carbonyl (C=O) groups excluding carboxylic acids is 1. The zero-order valence-electron chi connectivity index (χ0n) is 20.0. The summed E-state index contributed by atoms with van der Waals surface area (Å²) in [6, 6.07) is 18.6. The molecule has 1 N–H and O–H groups in total. The highest BCUT2D eigenvalue weighted by Crippen LogP contribution is 2.34. The molecule has 1 amide bonds. The van der Waals surface area contributed by atoms with Crippen LogP contribution in [0, 0.1) is 6.92 Å². The van der Waals surface area contributed by atoms with Crippen LogP contribution in [0.1, 0.15) is 30.9 Å². The van der Waals surface area contributed by atoms with E-state index in [2.05, 4.69) is 5.32 Å². The maximum atomic E-state index is 13.6. The second kappa shape index (κ2) is 10.6. The third kappa shape index (κ3) is 5.34. The largest absolute Gasteiger partial charge is 0.493 e. The second-order valence-electron chi connectivity index (χ2n) is 8.11. The van der Waals surface area contributed by atoms with Crippen LogP contribution in [0.4, 0.5) is 11.4 Å². The standard InChI is InChI=1S/C26H30N2O5S/c1-18(2)22-13-9-10-19(3)26(22)27-25(29)17-28(34(30,31)21-11-7-6-8-12-21)20-14-15-23(32-4)24(16-20)33-5/h6-16,18H,17H2,1-5H3,(H,27,29). The number of benzene rings is 3. The van der Waals surface area contributed by atoms with Crippen LogP contribution in [0.2, 0.25) is 0 Å². The van der Waals surface area contributed by atoms with E-state index >= 15 is 0 Å². The van der Waals surface area contributed by atoms with Gasteiger partial charge in [-0.2, -0.15) is 0 Å². The van der Waals surface area contributed by atoms with E-state index in [0.29, 0.717) is 17.2 Å². The molecular formula is C26H30N2O5S. The van der Waals surface area contributed by atoms with E-state index in [1.54, 1.807) is 36.4 Å². The molecule has 0 atom stereocenters. The Morgan fingerprint density at radius 1 is 0.941 bits per heavy atom. The van der Waals surface area contributed by atoms with Crippen LogP contribution in [0.3, 0.4) is 0 Å². The number of hydrogen-bond acceptors (Lipinski definition) is 5. The fourth-order valence-electron chi connectivity index (χ4n) is 3.67. The molecule has 0 saturated heterocycles. The van der Waals surface area contributed by atoms with Gasteiger partial charge in [0.25, 0.3) is 10.0 Å². The summed E-state index contributed by atoms with van der Waals surface area (Å²) in [7, 11) is -1.08. The third-order valence-corrected chi connectivity index (χ3v) is 7.25. The fraction of sp³-hybridized carbons (Fsp3) is 0.269. The van der Waals surface area contributed by atoms with Gasteiger partial charge in [-0.25, -0.2) is 8.42 Å². The summed E-state index contributed by atoms with van der Waals surface area (Å²) >= 11 is 0. The lowest BCUT2D eigenvalue weighted by Gasteiger charge is -2.25. The molecule has 0 saturated carbocycles. The summed E-state index contributed by atoms with van der Waals surface area (Å²) < 4.78 is 38.9. The van der Waals surface area contributed by atoms with Crippen molar-refractivity contribution >= 4 is 27.3 Å². The van der Waals surface area contributed by atoms with Crippen molar-refractivity contribution in [2.24, 2.45) is 0 Å². The number of aryl methyl sites for hydroxylation is 1. The summed E-state index contributed by atoms with van der Waals surface area (Å²) in [6.45, 7) is 5.58. The van der Waals surface area contributed by atoms with Crippen LogP contribution in [0.25, 0.3) is 0 Å². The molecule has 8 heteroatoms. The molecule has 0 bridgehead atoms. The first-order valence-corrected chi connectivity index (χ1v) is 12.3. The molecule has 34 heavy (non-hydrogen) atoms. The van der Waals surface area contributed by atoms with Crippen molar-refractivity contribution in [3.8, 4) is 11.5 Å². The first-order valence-electron chi connectivity index (χ1n) is 10.9. The molecule has 0 aromatic heterocycles. The van der Waals surface area contributed by atoms with E-state index in [1.807, 2.05) is 39.0 Å². The smallest absolute Gasteiger partial charge is 0.264 e. The molecule has 180 valence electrons. The van der Waals surface area contributed by atoms with Crippen LogP contribution < -0.4 is 19.1 Å². The van der Waals surface area contributed by atoms with Crippen LogP contribution in [0.5, 0.6) is 11.5 Å². The highest BCUT2D eigenvalue weighted by atomic mass is 32.2. The van der Waals surface area contributed by atoms with Gasteiger partial charge in [0.2, 0.25) is 5.91 Å². The number of hydrogen-bond donors (Lipinski definition) is 1. The van der Waals surface area contributed by atoms with E-state index < -0.39 is 22.5 Å². The maximum absolute atomic E-state index is 13.6. The molecule has 0 aliphatic carbocycles. The fourth-order valence-corrected chi connectivity index (χ4v) is 5.10. The Morgan fingerprint density at radius 3 is 2.24 bits per heavy atom. The number of amides is 1. The summed E-state index contributed by atoms with van der Waals surface area (Å²) in [4.78, 5) is 13.3. The number of rotatable bonds is 9. The number of anilines is 2. The van der Waals surface area contributed by atoms with Crippen molar-refractivity contribution < 1.29 is 22.7 Å². The molecule has 3 aromatic rings. The Hall–Kier alpha value is -3.52. The number of nitrogens with one attached hydrogen (secondary N) is 1. The van der Waals surface area contributed by atoms with Gasteiger partial charge >= 0.3 is 0 Å². The second-order valence-corrected chi connectivity index (χ2v) is 9.97. The van der Waals surface area contributed by atoms with Gasteiger partial charge in [-0.05, 0) is 48.2 Å². The van der Waals surface area contributed by atoms with Crippen molar-refractivity contribution in [3.05, 3.63) is 77.9 Å². The van der Waals surface area contributed by atoms with Gasteiger partial charge in [-0.15, -0.1) is 0 Å². The predicted molar refractivity (Wildman–Crippen MR) is 134 cm³/mol. The molecule has 0 aliphatic heterocycles. The van der Waals surface area contributed by atoms with Gasteiger partial charge in [-0.3, -0.25) is 9.10 Å². The van der Waals surface area contributed by atoms with Gasteiger partial charge in [0, 0.05) is 11.8 Å². The topological polar surface area (TPSA) is 84.9 Å². The normalized spacial score (nSPS) is 11.2. The minimum atomic E-state index is -4.05. The van der Waals surface area contributed by atoms with Crippen LogP contribution in [-0.4, -0.2) is 35.1 Å². The maximum Gasteiger partial charge on any atom is 0.264 e. The highest BCUT2D eigenvalue weighted by molar-refractivity contribution is 7.92. The molecule has 3 rings (SSSR count). The highest BCUT2D eigenvalue weighted by Gasteiger charge is 2.28. The molecule has 0 heterocycles.